The summed E-state index contributed by atoms with van der Waals surface area (Å²) < 4.78 is 14.8. The Morgan fingerprint density at radius 3 is 2.64 bits per heavy atom. The molecule has 8 nitrogen and oxygen atoms in total. The monoisotopic (exact) mass is 469 g/mol. The molecule has 0 aliphatic carbocycles. The summed E-state index contributed by atoms with van der Waals surface area (Å²) in [7, 11) is 1.66. The number of halogens is 2. The zero-order chi connectivity index (χ0) is 23.5. The Labute approximate surface area is 194 Å². The number of hydrogen-bond acceptors (Lipinski definition) is 4. The number of amides is 3. The van der Waals surface area contributed by atoms with Crippen molar-refractivity contribution in [1.82, 2.24) is 14.7 Å². The van der Waals surface area contributed by atoms with Crippen molar-refractivity contribution in [2.45, 2.75) is 13.0 Å². The lowest BCUT2D eigenvalue weighted by molar-refractivity contribution is -0.119. The normalized spacial score (nSPS) is 13.3. The Bertz CT molecular complexity index is 1210. The first-order valence-corrected chi connectivity index (χ1v) is 10.7. The zero-order valence-electron chi connectivity index (χ0n) is 17.8. The van der Waals surface area contributed by atoms with E-state index in [1.165, 1.54) is 32.7 Å². The van der Waals surface area contributed by atoms with E-state index in [0.29, 0.717) is 25.2 Å². The van der Waals surface area contributed by atoms with Gasteiger partial charge < -0.3 is 15.1 Å². The summed E-state index contributed by atoms with van der Waals surface area (Å²) in [5.74, 6) is -1.76. The average Bonchev–Trinajstić information content (AvgIpc) is 3.19. The second-order valence-electron chi connectivity index (χ2n) is 7.59. The number of nitrogens with zero attached hydrogens (tertiary/aromatic N) is 4. The van der Waals surface area contributed by atoms with Crippen LogP contribution in [0.4, 0.5) is 15.8 Å². The fourth-order valence-electron chi connectivity index (χ4n) is 3.53. The third kappa shape index (κ3) is 4.88. The minimum atomic E-state index is -0.596. The van der Waals surface area contributed by atoms with Crippen molar-refractivity contribution in [1.29, 1.82) is 0 Å². The van der Waals surface area contributed by atoms with Gasteiger partial charge in [0.05, 0.1) is 5.02 Å². The Hall–Kier alpha value is -3.72. The van der Waals surface area contributed by atoms with Crippen LogP contribution in [0.5, 0.6) is 0 Å². The van der Waals surface area contributed by atoms with Gasteiger partial charge in [0.25, 0.3) is 11.8 Å². The van der Waals surface area contributed by atoms with Gasteiger partial charge >= 0.3 is 0 Å². The maximum absolute atomic E-state index is 13.3. The number of nitrogens with one attached hydrogen (secondary N) is 1. The molecule has 0 unspecified atom stereocenters. The number of aromatic nitrogens is 2. The highest BCUT2D eigenvalue weighted by molar-refractivity contribution is 6.31. The Morgan fingerprint density at radius 1 is 1.15 bits per heavy atom. The van der Waals surface area contributed by atoms with Crippen LogP contribution in [0.1, 0.15) is 27.4 Å². The van der Waals surface area contributed by atoms with E-state index in [1.807, 2.05) is 30.3 Å². The molecular formula is C23H21ClFN5O3. The average molecular weight is 470 g/mol. The van der Waals surface area contributed by atoms with Gasteiger partial charge in [0.1, 0.15) is 18.1 Å². The first-order chi connectivity index (χ1) is 15.8. The third-order valence-electron chi connectivity index (χ3n) is 5.34. The molecule has 33 heavy (non-hydrogen) atoms. The summed E-state index contributed by atoms with van der Waals surface area (Å²) in [4.78, 5) is 41.4. The van der Waals surface area contributed by atoms with E-state index < -0.39 is 11.7 Å². The molecule has 3 amide bonds. The molecule has 0 spiro atoms. The molecular weight excluding hydrogens is 449 g/mol. The number of aryl methyl sites for hydroxylation is 1. The summed E-state index contributed by atoms with van der Waals surface area (Å²) in [5.41, 5.74) is 1.30. The molecule has 1 N–H and O–H groups in total. The van der Waals surface area contributed by atoms with Crippen molar-refractivity contribution in [3.8, 4) is 0 Å². The molecule has 3 aromatic rings. The van der Waals surface area contributed by atoms with Crippen LogP contribution in [-0.4, -0.2) is 52.5 Å². The number of carbonyl (C=O) groups is 3. The molecule has 0 atom stereocenters. The molecule has 1 aliphatic heterocycles. The Kier molecular flexibility index (Phi) is 6.41. The number of carbonyl (C=O) groups excluding carboxylic acids is 3. The van der Waals surface area contributed by atoms with Crippen LogP contribution in [0.15, 0.2) is 54.6 Å². The second-order valence-corrected chi connectivity index (χ2v) is 8.00. The van der Waals surface area contributed by atoms with E-state index in [2.05, 4.69) is 10.4 Å². The molecule has 2 heterocycles. The van der Waals surface area contributed by atoms with E-state index in [-0.39, 0.29) is 34.8 Å². The summed E-state index contributed by atoms with van der Waals surface area (Å²) >= 11 is 5.75. The van der Waals surface area contributed by atoms with Crippen molar-refractivity contribution in [2.75, 3.05) is 30.4 Å². The van der Waals surface area contributed by atoms with Gasteiger partial charge in [-0.2, -0.15) is 5.10 Å². The molecule has 4 rings (SSSR count). The number of fused-ring (bicyclic) bond motifs is 1. The van der Waals surface area contributed by atoms with Crippen molar-refractivity contribution in [3.05, 3.63) is 76.8 Å². The van der Waals surface area contributed by atoms with Gasteiger partial charge in [0.2, 0.25) is 5.91 Å². The number of anilines is 2. The Balaban J connectivity index is 1.48. The highest BCUT2D eigenvalue weighted by Gasteiger charge is 2.28. The molecule has 0 radical (unpaired) electrons. The summed E-state index contributed by atoms with van der Waals surface area (Å²) in [6.07, 6.45) is 0.581. The zero-order valence-corrected chi connectivity index (χ0v) is 18.6. The van der Waals surface area contributed by atoms with Crippen LogP contribution in [0.2, 0.25) is 5.02 Å². The number of hydrogen-bond donors (Lipinski definition) is 1. The maximum Gasteiger partial charge on any atom is 0.276 e. The maximum atomic E-state index is 13.3. The predicted molar refractivity (Wildman–Crippen MR) is 122 cm³/mol. The van der Waals surface area contributed by atoms with Crippen LogP contribution in [0, 0.1) is 5.82 Å². The van der Waals surface area contributed by atoms with Crippen LogP contribution in [0.25, 0.3) is 0 Å². The molecule has 0 fully saturated rings. The van der Waals surface area contributed by atoms with Gasteiger partial charge in [-0.1, -0.05) is 29.8 Å². The Morgan fingerprint density at radius 2 is 1.91 bits per heavy atom. The fraction of sp³-hybridized carbons (Fsp3) is 0.217. The third-order valence-corrected chi connectivity index (χ3v) is 5.63. The molecule has 1 aliphatic rings. The topological polar surface area (TPSA) is 87.5 Å². The first kappa shape index (κ1) is 22.5. The van der Waals surface area contributed by atoms with E-state index >= 15 is 0 Å². The van der Waals surface area contributed by atoms with Gasteiger partial charge in [-0.3, -0.25) is 19.1 Å². The van der Waals surface area contributed by atoms with Crippen molar-refractivity contribution in [3.63, 3.8) is 0 Å². The lowest BCUT2D eigenvalue weighted by Crippen LogP contribution is -2.41. The summed E-state index contributed by atoms with van der Waals surface area (Å²) in [5, 5.41) is 6.72. The minimum absolute atomic E-state index is 0.0355. The van der Waals surface area contributed by atoms with E-state index in [4.69, 9.17) is 11.6 Å². The smallest absolute Gasteiger partial charge is 0.276 e. The fourth-order valence-corrected chi connectivity index (χ4v) is 3.71. The van der Waals surface area contributed by atoms with Crippen molar-refractivity contribution >= 4 is 40.7 Å². The standard InChI is InChI=1S/C23H21ClFN5O3/c1-28(16-6-3-2-4-7-16)21(31)14-29-10-5-11-30-20(23(29)33)13-19(27-30)22(32)26-15-8-9-18(25)17(24)12-15/h2-4,6-9,12-13H,5,10-11,14H2,1H3,(H,26,32). The first-order valence-electron chi connectivity index (χ1n) is 10.3. The number of para-hydroxylation sites is 1. The van der Waals surface area contributed by atoms with Gasteiger partial charge in [0, 0.05) is 37.6 Å². The molecule has 0 saturated heterocycles. The number of benzene rings is 2. The van der Waals surface area contributed by atoms with E-state index in [0.717, 1.165) is 11.8 Å². The molecule has 170 valence electrons. The van der Waals surface area contributed by atoms with Crippen LogP contribution < -0.4 is 10.2 Å². The van der Waals surface area contributed by atoms with Gasteiger partial charge in [-0.25, -0.2) is 4.39 Å². The van der Waals surface area contributed by atoms with Gasteiger partial charge in [-0.15, -0.1) is 0 Å². The van der Waals surface area contributed by atoms with Crippen molar-refractivity contribution < 1.29 is 18.8 Å². The number of likely N-dealkylation sites (N-methyl/N-ethyl adjacent to an activating group) is 1. The van der Waals surface area contributed by atoms with E-state index in [9.17, 15) is 18.8 Å². The SMILES string of the molecule is CN(C(=O)CN1CCCn2nc(C(=O)Nc3ccc(F)c(Cl)c3)cc2C1=O)c1ccccc1. The molecule has 10 heteroatoms. The van der Waals surface area contributed by atoms with E-state index in [1.54, 1.807) is 7.05 Å². The molecule has 0 saturated carbocycles. The van der Waals surface area contributed by atoms with Crippen LogP contribution in [0.3, 0.4) is 0 Å². The molecule has 2 aromatic carbocycles. The minimum Gasteiger partial charge on any atom is -0.328 e. The highest BCUT2D eigenvalue weighted by Crippen LogP contribution is 2.21. The van der Waals surface area contributed by atoms with Gasteiger partial charge in [-0.05, 0) is 36.8 Å². The molecule has 1 aromatic heterocycles. The quantitative estimate of drug-likeness (QED) is 0.620. The van der Waals surface area contributed by atoms with Crippen molar-refractivity contribution in [2.24, 2.45) is 0 Å². The molecule has 0 bridgehead atoms. The number of rotatable bonds is 5. The highest BCUT2D eigenvalue weighted by atomic mass is 35.5. The largest absolute Gasteiger partial charge is 0.328 e. The van der Waals surface area contributed by atoms with Gasteiger partial charge in [0.15, 0.2) is 5.69 Å². The predicted octanol–water partition coefficient (Wildman–Crippen LogP) is 3.44. The summed E-state index contributed by atoms with van der Waals surface area (Å²) in [6, 6.07) is 14.4. The lowest BCUT2D eigenvalue weighted by Gasteiger charge is -2.23. The second kappa shape index (κ2) is 9.41. The van der Waals surface area contributed by atoms with Crippen LogP contribution in [-0.2, 0) is 11.3 Å². The summed E-state index contributed by atoms with van der Waals surface area (Å²) in [6.45, 7) is 0.729. The lowest BCUT2D eigenvalue weighted by atomic mass is 10.2. The van der Waals surface area contributed by atoms with Crippen LogP contribution >= 0.6 is 11.6 Å².